The molecule has 1 unspecified atom stereocenters. The van der Waals surface area contributed by atoms with Crippen molar-refractivity contribution in [3.05, 3.63) is 82.4 Å². The monoisotopic (exact) mass is 835 g/mol. The molecule has 3 fully saturated rings. The van der Waals surface area contributed by atoms with E-state index in [1.165, 1.54) is 18.2 Å². The summed E-state index contributed by atoms with van der Waals surface area (Å²) in [6.07, 6.45) is -2.25. The Balaban J connectivity index is 1.02. The number of imide groups is 1. The first-order valence-corrected chi connectivity index (χ1v) is 19.8. The highest BCUT2D eigenvalue weighted by atomic mass is 32.1. The second kappa shape index (κ2) is 17.5. The van der Waals surface area contributed by atoms with Crippen molar-refractivity contribution < 1.29 is 41.5 Å². The van der Waals surface area contributed by atoms with Crippen molar-refractivity contribution in [1.82, 2.24) is 20.1 Å². The molecule has 1 aromatic heterocycles. The molecule has 2 aromatic carbocycles. The molecule has 312 valence electrons. The van der Waals surface area contributed by atoms with Gasteiger partial charge in [-0.15, -0.1) is 0 Å². The lowest BCUT2D eigenvalue weighted by molar-refractivity contribution is -0.138. The Morgan fingerprint density at radius 3 is 2.51 bits per heavy atom. The molecule has 1 N–H and O–H groups in total. The van der Waals surface area contributed by atoms with E-state index in [9.17, 15) is 42.0 Å². The van der Waals surface area contributed by atoms with Crippen LogP contribution in [0.3, 0.4) is 0 Å². The maximum absolute atomic E-state index is 14.5. The van der Waals surface area contributed by atoms with E-state index in [-0.39, 0.29) is 53.8 Å². The molecule has 59 heavy (non-hydrogen) atoms. The Labute approximate surface area is 345 Å². The first-order valence-electron chi connectivity index (χ1n) is 19.4. The largest absolute Gasteiger partial charge is 0.492 e. The van der Waals surface area contributed by atoms with Crippen LogP contribution in [0.2, 0.25) is 0 Å². The van der Waals surface area contributed by atoms with Crippen LogP contribution in [0.15, 0.2) is 48.7 Å². The van der Waals surface area contributed by atoms with Gasteiger partial charge in [-0.1, -0.05) is 13.0 Å². The van der Waals surface area contributed by atoms with E-state index in [1.807, 2.05) is 13.0 Å². The first-order chi connectivity index (χ1) is 27.9. The summed E-state index contributed by atoms with van der Waals surface area (Å²) in [7, 11) is 0. The van der Waals surface area contributed by atoms with Gasteiger partial charge in [-0.2, -0.15) is 18.4 Å². The number of thiocarbonyl (C=S) groups is 1. The van der Waals surface area contributed by atoms with Gasteiger partial charge in [0.1, 0.15) is 29.8 Å². The molecule has 3 aromatic rings. The summed E-state index contributed by atoms with van der Waals surface area (Å²) in [6, 6.07) is 12.1. The number of aromatic nitrogens is 1. The van der Waals surface area contributed by atoms with Crippen molar-refractivity contribution in [2.75, 3.05) is 49.1 Å². The van der Waals surface area contributed by atoms with Gasteiger partial charge in [-0.25, -0.2) is 9.37 Å². The number of nitrogens with zero attached hydrogens (tertiary/aromatic N) is 6. The molecule has 12 nitrogen and oxygen atoms in total. The van der Waals surface area contributed by atoms with Gasteiger partial charge in [0.15, 0.2) is 16.6 Å². The lowest BCUT2D eigenvalue weighted by atomic mass is 9.90. The topological polar surface area (TPSA) is 139 Å². The summed E-state index contributed by atoms with van der Waals surface area (Å²) in [6.45, 7) is 10.6. The molecule has 3 amide bonds. The normalized spacial score (nSPS) is 20.2. The van der Waals surface area contributed by atoms with Crippen molar-refractivity contribution in [3.8, 4) is 11.8 Å². The lowest BCUT2D eigenvalue weighted by Crippen LogP contribution is -2.53. The van der Waals surface area contributed by atoms with Gasteiger partial charge in [0.2, 0.25) is 11.8 Å². The maximum Gasteiger partial charge on any atom is 0.419 e. The number of carbonyl (C=O) groups is 4. The Kier molecular flexibility index (Phi) is 12.8. The fourth-order valence-corrected chi connectivity index (χ4v) is 8.44. The zero-order valence-electron chi connectivity index (χ0n) is 33.2. The van der Waals surface area contributed by atoms with Crippen LogP contribution in [0.4, 0.5) is 28.9 Å². The highest BCUT2D eigenvalue weighted by Gasteiger charge is 2.51. The van der Waals surface area contributed by atoms with Crippen LogP contribution in [0.5, 0.6) is 5.75 Å². The van der Waals surface area contributed by atoms with Gasteiger partial charge in [-0.3, -0.25) is 39.2 Å². The molecule has 0 radical (unpaired) electrons. The molecule has 3 aliphatic heterocycles. The average Bonchev–Trinajstić information content (AvgIpc) is 3.34. The summed E-state index contributed by atoms with van der Waals surface area (Å²) in [5.74, 6) is -1.51. The molecular formula is C42H45F4N7O5S. The number of aryl methyl sites for hydroxylation is 1. The standard InChI is InChI=1S/C42H45F4N7O5S/c1-5-28-19-31(53-40(59)52(39(57)41(53,3)4)32-20-34(42(44,45)46)35(21-47)48-22-32)7-8-36(28)58-13-12-50-10-11-51(25(2)23-50)24-33(54)18-27-14-26(16-30(43)17-27)15-29-6-9-37(55)49-38(29)56/h7-8,14,16-17,19-20,22,25,29H,5-6,9-13,15,18,23-24H2,1-4H3,(H,49,55,56)/t25-,29?/m1/s1. The van der Waals surface area contributed by atoms with E-state index in [1.54, 1.807) is 36.9 Å². The smallest absolute Gasteiger partial charge is 0.419 e. The number of Topliss-reactive ketones (excluding diaryl/α,β-unsaturated/α-hetero) is 1. The van der Waals surface area contributed by atoms with Gasteiger partial charge in [0, 0.05) is 56.7 Å². The Morgan fingerprint density at radius 2 is 1.83 bits per heavy atom. The van der Waals surface area contributed by atoms with E-state index in [0.717, 1.165) is 16.7 Å². The fourth-order valence-electron chi connectivity index (χ4n) is 7.92. The predicted molar refractivity (Wildman–Crippen MR) is 214 cm³/mol. The third kappa shape index (κ3) is 9.61. The van der Waals surface area contributed by atoms with Gasteiger partial charge < -0.3 is 9.64 Å². The average molecular weight is 836 g/mol. The Morgan fingerprint density at radius 1 is 1.08 bits per heavy atom. The second-order valence-electron chi connectivity index (χ2n) is 15.7. The molecule has 3 aliphatic rings. The van der Waals surface area contributed by atoms with Gasteiger partial charge in [-0.05, 0) is 105 Å². The number of hydrogen-bond acceptors (Lipinski definition) is 10. The third-order valence-corrected chi connectivity index (χ3v) is 11.4. The van der Waals surface area contributed by atoms with Crippen LogP contribution in [-0.4, -0.2) is 94.3 Å². The number of piperidine rings is 1. The second-order valence-corrected chi connectivity index (χ2v) is 16.0. The lowest BCUT2D eigenvalue weighted by Gasteiger charge is -2.39. The number of piperazine rings is 1. The van der Waals surface area contributed by atoms with Crippen LogP contribution < -0.4 is 19.9 Å². The van der Waals surface area contributed by atoms with Gasteiger partial charge in [0.25, 0.3) is 5.91 Å². The quantitative estimate of drug-likeness (QED) is 0.135. The SMILES string of the molecule is CCc1cc(N2C(=S)N(c3cnc(C#N)c(C(F)(F)F)c3)C(=O)C2(C)C)ccc1OCCN1CCN(CC(=O)Cc2cc(F)cc(CC3CCC(=O)NC3=O)c2)[C@H](C)C1. The minimum Gasteiger partial charge on any atom is -0.492 e. The molecule has 0 saturated carbocycles. The summed E-state index contributed by atoms with van der Waals surface area (Å²) in [5, 5.41) is 11.5. The predicted octanol–water partition coefficient (Wildman–Crippen LogP) is 5.38. The summed E-state index contributed by atoms with van der Waals surface area (Å²) in [4.78, 5) is 61.1. The van der Waals surface area contributed by atoms with E-state index in [0.29, 0.717) is 80.7 Å². The molecule has 3 saturated heterocycles. The van der Waals surface area contributed by atoms with Crippen molar-refractivity contribution in [3.63, 3.8) is 0 Å². The number of alkyl halides is 3. The van der Waals surface area contributed by atoms with E-state index in [4.69, 9.17) is 17.0 Å². The number of halogens is 4. The number of ether oxygens (including phenoxy) is 1. The van der Waals surface area contributed by atoms with E-state index >= 15 is 0 Å². The molecule has 0 aliphatic carbocycles. The summed E-state index contributed by atoms with van der Waals surface area (Å²) >= 11 is 5.68. The number of carbonyl (C=O) groups excluding carboxylic acids is 4. The Hall–Kier alpha value is -5.31. The van der Waals surface area contributed by atoms with Crippen molar-refractivity contribution in [2.45, 2.75) is 77.6 Å². The number of ketones is 1. The van der Waals surface area contributed by atoms with Gasteiger partial charge >= 0.3 is 6.18 Å². The minimum atomic E-state index is -4.87. The summed E-state index contributed by atoms with van der Waals surface area (Å²) < 4.78 is 62.0. The van der Waals surface area contributed by atoms with Crippen LogP contribution in [0.25, 0.3) is 0 Å². The molecule has 6 rings (SSSR count). The number of amides is 3. The molecule has 4 heterocycles. The first kappa shape index (κ1) is 43.3. The zero-order chi connectivity index (χ0) is 42.8. The fraction of sp³-hybridized carbons (Fsp3) is 0.452. The number of nitriles is 1. The molecule has 17 heteroatoms. The number of nitrogens with one attached hydrogen (secondary N) is 1. The van der Waals surface area contributed by atoms with E-state index < -0.39 is 40.6 Å². The molecular weight excluding hydrogens is 791 g/mol. The highest BCUT2D eigenvalue weighted by molar-refractivity contribution is 7.81. The van der Waals surface area contributed by atoms with Crippen molar-refractivity contribution in [2.24, 2.45) is 5.92 Å². The number of hydrogen-bond donors (Lipinski definition) is 1. The number of anilines is 2. The number of benzene rings is 2. The van der Waals surface area contributed by atoms with Crippen LogP contribution in [-0.2, 0) is 44.6 Å². The maximum atomic E-state index is 14.5. The van der Waals surface area contributed by atoms with Crippen LogP contribution in [0.1, 0.15) is 68.5 Å². The Bertz CT molecular complexity index is 2210. The molecule has 0 bridgehead atoms. The third-order valence-electron chi connectivity index (χ3n) is 11.0. The number of pyridine rings is 1. The number of rotatable bonds is 13. The van der Waals surface area contributed by atoms with Crippen LogP contribution >= 0.6 is 12.2 Å². The van der Waals surface area contributed by atoms with Crippen LogP contribution in [0, 0.1) is 23.1 Å². The van der Waals surface area contributed by atoms with Crippen molar-refractivity contribution in [1.29, 1.82) is 5.26 Å². The molecule has 2 atom stereocenters. The zero-order valence-corrected chi connectivity index (χ0v) is 34.0. The minimum absolute atomic E-state index is 0.0320. The highest BCUT2D eigenvalue weighted by Crippen LogP contribution is 2.40. The van der Waals surface area contributed by atoms with E-state index in [2.05, 4.69) is 27.0 Å². The molecule has 0 spiro atoms. The summed E-state index contributed by atoms with van der Waals surface area (Å²) in [5.41, 5.74) is -0.960. The van der Waals surface area contributed by atoms with Gasteiger partial charge in [0.05, 0.1) is 24.0 Å². The van der Waals surface area contributed by atoms with Crippen molar-refractivity contribution >= 4 is 52.2 Å².